The number of ketones is 1. The van der Waals surface area contributed by atoms with Crippen LogP contribution in [0.25, 0.3) is 0 Å². The third-order valence-corrected chi connectivity index (χ3v) is 6.90. The van der Waals surface area contributed by atoms with E-state index in [1.807, 2.05) is 0 Å². The summed E-state index contributed by atoms with van der Waals surface area (Å²) < 4.78 is 26.1. The summed E-state index contributed by atoms with van der Waals surface area (Å²) in [5.41, 5.74) is 2.08. The molecule has 0 aromatic heterocycles. The van der Waals surface area contributed by atoms with Crippen LogP contribution in [0.4, 0.5) is 11.4 Å². The number of rotatable bonds is 2. The molecule has 0 saturated carbocycles. The molecule has 140 valence electrons. The van der Waals surface area contributed by atoms with Gasteiger partial charge in [-0.2, -0.15) is 0 Å². The maximum atomic E-state index is 13.1. The highest BCUT2D eigenvalue weighted by atomic mass is 32.2. The first-order chi connectivity index (χ1) is 13.0. The van der Waals surface area contributed by atoms with Crippen molar-refractivity contribution >= 4 is 33.1 Å². The predicted molar refractivity (Wildman–Crippen MR) is 104 cm³/mol. The molecule has 27 heavy (non-hydrogen) atoms. The number of hydrogen-bond acceptors (Lipinski definition) is 4. The van der Waals surface area contributed by atoms with Crippen LogP contribution in [0, 0.1) is 0 Å². The molecule has 0 aliphatic carbocycles. The molecule has 0 spiro atoms. The van der Waals surface area contributed by atoms with E-state index < -0.39 is 10.0 Å². The number of Topliss-reactive ketones (excluding diaryl/α,β-unsaturated/α-hetero) is 1. The number of carbonyl (C=O) groups excluding carboxylic acids is 2. The van der Waals surface area contributed by atoms with Gasteiger partial charge in [-0.15, -0.1) is 0 Å². The Hall–Kier alpha value is -2.67. The lowest BCUT2D eigenvalue weighted by Gasteiger charge is -2.30. The standard InChI is InChI=1S/C20H20N2O4S/c23-19-10-12-21(18-9-2-1-8-17(18)19)20(24)15-6-5-7-16(14-15)22-11-3-4-13-27(22,25)26/h1-2,5-9,14H,3-4,10-13H2. The summed E-state index contributed by atoms with van der Waals surface area (Å²) in [5, 5.41) is 0. The zero-order valence-electron chi connectivity index (χ0n) is 14.8. The first kappa shape index (κ1) is 17.7. The number of fused-ring (bicyclic) bond motifs is 1. The van der Waals surface area contributed by atoms with E-state index in [0.29, 0.717) is 42.0 Å². The van der Waals surface area contributed by atoms with Gasteiger partial charge >= 0.3 is 0 Å². The molecule has 0 unspecified atom stereocenters. The maximum Gasteiger partial charge on any atom is 0.258 e. The molecule has 7 heteroatoms. The molecule has 2 aliphatic rings. The van der Waals surface area contributed by atoms with Crippen LogP contribution in [0.2, 0.25) is 0 Å². The van der Waals surface area contributed by atoms with Gasteiger partial charge in [-0.05, 0) is 43.2 Å². The minimum Gasteiger partial charge on any atom is -0.307 e. The number of carbonyl (C=O) groups is 2. The number of sulfonamides is 1. The molecule has 2 aromatic carbocycles. The van der Waals surface area contributed by atoms with Crippen molar-refractivity contribution in [3.63, 3.8) is 0 Å². The number of para-hydroxylation sites is 1. The largest absolute Gasteiger partial charge is 0.307 e. The minimum absolute atomic E-state index is 0.0304. The Bertz CT molecular complexity index is 1020. The Morgan fingerprint density at radius 3 is 2.59 bits per heavy atom. The summed E-state index contributed by atoms with van der Waals surface area (Å²) in [6.07, 6.45) is 1.75. The van der Waals surface area contributed by atoms with Gasteiger partial charge in [0, 0.05) is 30.6 Å². The molecular weight excluding hydrogens is 364 g/mol. The lowest BCUT2D eigenvalue weighted by atomic mass is 9.99. The number of benzene rings is 2. The molecule has 2 aliphatic heterocycles. The van der Waals surface area contributed by atoms with E-state index in [9.17, 15) is 18.0 Å². The summed E-state index contributed by atoms with van der Waals surface area (Å²) >= 11 is 0. The van der Waals surface area contributed by atoms with Gasteiger partial charge in [-0.25, -0.2) is 8.42 Å². The average Bonchev–Trinajstić information content (AvgIpc) is 2.68. The van der Waals surface area contributed by atoms with Crippen molar-refractivity contribution in [2.45, 2.75) is 19.3 Å². The molecule has 2 aromatic rings. The van der Waals surface area contributed by atoms with Gasteiger partial charge in [0.15, 0.2) is 5.78 Å². The molecule has 0 radical (unpaired) electrons. The van der Waals surface area contributed by atoms with Gasteiger partial charge in [0.25, 0.3) is 5.91 Å². The van der Waals surface area contributed by atoms with Gasteiger partial charge in [-0.3, -0.25) is 13.9 Å². The van der Waals surface area contributed by atoms with Crippen LogP contribution in [-0.2, 0) is 10.0 Å². The molecule has 6 nitrogen and oxygen atoms in total. The van der Waals surface area contributed by atoms with Crippen molar-refractivity contribution in [2.75, 3.05) is 28.0 Å². The second-order valence-electron chi connectivity index (χ2n) is 6.79. The topological polar surface area (TPSA) is 74.8 Å². The van der Waals surface area contributed by atoms with E-state index in [4.69, 9.17) is 0 Å². The molecule has 1 saturated heterocycles. The maximum absolute atomic E-state index is 13.1. The molecule has 0 bridgehead atoms. The molecule has 4 rings (SSSR count). The third kappa shape index (κ3) is 3.23. The number of hydrogen-bond donors (Lipinski definition) is 0. The third-order valence-electron chi connectivity index (χ3n) is 5.03. The summed E-state index contributed by atoms with van der Waals surface area (Å²) in [6.45, 7) is 0.752. The fourth-order valence-corrected chi connectivity index (χ4v) is 5.28. The molecule has 0 atom stereocenters. The van der Waals surface area contributed by atoms with Crippen molar-refractivity contribution < 1.29 is 18.0 Å². The average molecular weight is 384 g/mol. The summed E-state index contributed by atoms with van der Waals surface area (Å²) in [4.78, 5) is 26.8. The second-order valence-corrected chi connectivity index (χ2v) is 8.81. The van der Waals surface area contributed by atoms with Crippen LogP contribution in [0.5, 0.6) is 0 Å². The molecular formula is C20H20N2O4S. The molecule has 0 N–H and O–H groups in total. The van der Waals surface area contributed by atoms with E-state index in [1.54, 1.807) is 53.4 Å². The minimum atomic E-state index is -3.34. The number of nitrogens with zero attached hydrogens (tertiary/aromatic N) is 2. The number of anilines is 2. The van der Waals surface area contributed by atoms with E-state index in [-0.39, 0.29) is 23.9 Å². The molecule has 2 heterocycles. The van der Waals surface area contributed by atoms with Crippen molar-refractivity contribution in [1.82, 2.24) is 0 Å². The zero-order valence-corrected chi connectivity index (χ0v) is 15.6. The fourth-order valence-electron chi connectivity index (χ4n) is 3.65. The van der Waals surface area contributed by atoms with E-state index >= 15 is 0 Å². The van der Waals surface area contributed by atoms with Gasteiger partial charge in [0.2, 0.25) is 10.0 Å². The SMILES string of the molecule is O=C1CCN(C(=O)c2cccc(N3CCCCS3(=O)=O)c2)c2ccccc21. The van der Waals surface area contributed by atoms with Crippen LogP contribution in [0.15, 0.2) is 48.5 Å². The van der Waals surface area contributed by atoms with Gasteiger partial charge in [-0.1, -0.05) is 18.2 Å². The highest BCUT2D eigenvalue weighted by Gasteiger charge is 2.29. The van der Waals surface area contributed by atoms with E-state index in [0.717, 1.165) is 6.42 Å². The quantitative estimate of drug-likeness (QED) is 0.798. The summed E-state index contributed by atoms with van der Waals surface area (Å²) in [7, 11) is -3.34. The van der Waals surface area contributed by atoms with Gasteiger partial charge in [0.1, 0.15) is 0 Å². The van der Waals surface area contributed by atoms with Crippen LogP contribution in [-0.4, -0.2) is 39.0 Å². The van der Waals surface area contributed by atoms with Gasteiger partial charge in [0.05, 0.1) is 17.1 Å². The van der Waals surface area contributed by atoms with Crippen LogP contribution >= 0.6 is 0 Å². The summed E-state index contributed by atoms with van der Waals surface area (Å²) in [6, 6.07) is 13.8. The Labute approximate surface area is 158 Å². The Kier molecular flexibility index (Phi) is 4.47. The molecule has 1 fully saturated rings. The van der Waals surface area contributed by atoms with Crippen molar-refractivity contribution in [2.24, 2.45) is 0 Å². The van der Waals surface area contributed by atoms with Crippen LogP contribution in [0.1, 0.15) is 40.0 Å². The van der Waals surface area contributed by atoms with Crippen molar-refractivity contribution in [1.29, 1.82) is 0 Å². The lowest BCUT2D eigenvalue weighted by molar-refractivity contribution is 0.0955. The van der Waals surface area contributed by atoms with E-state index in [2.05, 4.69) is 0 Å². The number of amides is 1. The smallest absolute Gasteiger partial charge is 0.258 e. The second kappa shape index (κ2) is 6.81. The lowest BCUT2D eigenvalue weighted by Crippen LogP contribution is -2.39. The van der Waals surface area contributed by atoms with E-state index in [1.165, 1.54) is 4.31 Å². The van der Waals surface area contributed by atoms with Gasteiger partial charge < -0.3 is 4.90 Å². The zero-order chi connectivity index (χ0) is 19.0. The Morgan fingerprint density at radius 1 is 0.963 bits per heavy atom. The van der Waals surface area contributed by atoms with Crippen molar-refractivity contribution in [3.8, 4) is 0 Å². The Balaban J connectivity index is 1.68. The summed E-state index contributed by atoms with van der Waals surface area (Å²) in [5.74, 6) is -0.0683. The highest BCUT2D eigenvalue weighted by Crippen LogP contribution is 2.30. The Morgan fingerprint density at radius 2 is 1.78 bits per heavy atom. The monoisotopic (exact) mass is 384 g/mol. The normalized spacial score (nSPS) is 18.9. The molecule has 1 amide bonds. The van der Waals surface area contributed by atoms with Crippen LogP contribution < -0.4 is 9.21 Å². The predicted octanol–water partition coefficient (Wildman–Crippen LogP) is 2.85. The van der Waals surface area contributed by atoms with Crippen LogP contribution in [0.3, 0.4) is 0 Å². The fraction of sp³-hybridized carbons (Fsp3) is 0.300. The first-order valence-electron chi connectivity index (χ1n) is 9.02. The highest BCUT2D eigenvalue weighted by molar-refractivity contribution is 7.92. The first-order valence-corrected chi connectivity index (χ1v) is 10.6. The van der Waals surface area contributed by atoms with Crippen molar-refractivity contribution in [3.05, 3.63) is 59.7 Å².